The van der Waals surface area contributed by atoms with Crippen LogP contribution in [0, 0.1) is 11.6 Å². The van der Waals surface area contributed by atoms with E-state index in [1.807, 2.05) is 11.4 Å². The molecule has 0 saturated carbocycles. The van der Waals surface area contributed by atoms with Crippen LogP contribution in [0.1, 0.15) is 5.56 Å². The SMILES string of the molecule is Fc1ccc(CCNc2nc(-c3c[nH]c4ncc(F)cc34)nc3sccc23)cc1. The van der Waals surface area contributed by atoms with Crippen LogP contribution in [0.25, 0.3) is 32.6 Å². The zero-order chi connectivity index (χ0) is 19.8. The van der Waals surface area contributed by atoms with E-state index in [0.29, 0.717) is 34.8 Å². The lowest BCUT2D eigenvalue weighted by molar-refractivity contribution is 0.624. The van der Waals surface area contributed by atoms with Gasteiger partial charge in [-0.05, 0) is 41.6 Å². The van der Waals surface area contributed by atoms with Gasteiger partial charge >= 0.3 is 0 Å². The molecule has 0 aliphatic heterocycles. The molecule has 5 rings (SSSR count). The third-order valence-corrected chi connectivity index (χ3v) is 5.49. The van der Waals surface area contributed by atoms with Gasteiger partial charge in [0, 0.05) is 23.7 Å². The molecule has 1 aromatic carbocycles. The Labute approximate surface area is 168 Å². The van der Waals surface area contributed by atoms with Gasteiger partial charge in [0.25, 0.3) is 0 Å². The highest BCUT2D eigenvalue weighted by Crippen LogP contribution is 2.31. The van der Waals surface area contributed by atoms with E-state index in [1.165, 1.54) is 35.7 Å². The lowest BCUT2D eigenvalue weighted by Gasteiger charge is -2.09. The summed E-state index contributed by atoms with van der Waals surface area (Å²) in [5.41, 5.74) is 2.32. The number of rotatable bonds is 5. The average Bonchev–Trinajstić information content (AvgIpc) is 3.36. The van der Waals surface area contributed by atoms with Crippen molar-refractivity contribution in [2.45, 2.75) is 6.42 Å². The van der Waals surface area contributed by atoms with Crippen LogP contribution in [0.3, 0.4) is 0 Å². The maximum absolute atomic E-state index is 13.7. The molecule has 0 amide bonds. The predicted molar refractivity (Wildman–Crippen MR) is 111 cm³/mol. The first-order chi connectivity index (χ1) is 14.2. The summed E-state index contributed by atoms with van der Waals surface area (Å²) < 4.78 is 26.8. The van der Waals surface area contributed by atoms with Crippen molar-refractivity contribution in [3.8, 4) is 11.4 Å². The van der Waals surface area contributed by atoms with Gasteiger partial charge < -0.3 is 10.3 Å². The first kappa shape index (κ1) is 17.7. The number of hydrogen-bond donors (Lipinski definition) is 2. The first-order valence-corrected chi connectivity index (χ1v) is 9.92. The Balaban J connectivity index is 1.48. The number of anilines is 1. The van der Waals surface area contributed by atoms with Crippen molar-refractivity contribution in [3.63, 3.8) is 0 Å². The second-order valence-electron chi connectivity index (χ2n) is 6.59. The molecular formula is C21H15F2N5S. The fraction of sp³-hybridized carbons (Fsp3) is 0.0952. The number of H-pyrrole nitrogens is 1. The van der Waals surface area contributed by atoms with Gasteiger partial charge in [-0.2, -0.15) is 0 Å². The highest BCUT2D eigenvalue weighted by molar-refractivity contribution is 7.16. The van der Waals surface area contributed by atoms with Crippen molar-refractivity contribution in [2.24, 2.45) is 0 Å². The molecule has 0 saturated heterocycles. The monoisotopic (exact) mass is 407 g/mol. The second-order valence-corrected chi connectivity index (χ2v) is 7.49. The molecule has 0 aliphatic rings. The number of fused-ring (bicyclic) bond motifs is 2. The van der Waals surface area contributed by atoms with Crippen molar-refractivity contribution in [3.05, 3.63) is 71.4 Å². The highest BCUT2D eigenvalue weighted by Gasteiger charge is 2.15. The van der Waals surface area contributed by atoms with Crippen LogP contribution in [0.5, 0.6) is 0 Å². The Morgan fingerprint density at radius 3 is 2.72 bits per heavy atom. The van der Waals surface area contributed by atoms with Crippen LogP contribution in [0.4, 0.5) is 14.6 Å². The molecule has 0 atom stereocenters. The quantitative estimate of drug-likeness (QED) is 0.422. The molecule has 0 fully saturated rings. The van der Waals surface area contributed by atoms with E-state index in [1.54, 1.807) is 18.3 Å². The fourth-order valence-corrected chi connectivity index (χ4v) is 4.01. The zero-order valence-corrected chi connectivity index (χ0v) is 15.9. The third-order valence-electron chi connectivity index (χ3n) is 4.68. The Bertz CT molecular complexity index is 1310. The number of benzene rings is 1. The molecule has 8 heteroatoms. The number of halogens is 2. The third kappa shape index (κ3) is 3.42. The summed E-state index contributed by atoms with van der Waals surface area (Å²) in [4.78, 5) is 17.3. The molecule has 0 aliphatic carbocycles. The fourth-order valence-electron chi connectivity index (χ4n) is 3.25. The van der Waals surface area contributed by atoms with E-state index in [-0.39, 0.29) is 5.82 Å². The Morgan fingerprint density at radius 2 is 1.86 bits per heavy atom. The molecule has 0 spiro atoms. The Kier molecular flexibility index (Phi) is 4.40. The van der Waals surface area contributed by atoms with E-state index in [0.717, 1.165) is 22.2 Å². The van der Waals surface area contributed by atoms with Gasteiger partial charge in [0.1, 0.15) is 27.9 Å². The number of aromatic amines is 1. The van der Waals surface area contributed by atoms with Gasteiger partial charge in [-0.25, -0.2) is 23.7 Å². The normalized spacial score (nSPS) is 11.4. The Hall–Kier alpha value is -3.39. The van der Waals surface area contributed by atoms with E-state index < -0.39 is 5.82 Å². The maximum Gasteiger partial charge on any atom is 0.165 e. The number of nitrogens with zero attached hydrogens (tertiary/aromatic N) is 3. The summed E-state index contributed by atoms with van der Waals surface area (Å²) in [7, 11) is 0. The summed E-state index contributed by atoms with van der Waals surface area (Å²) >= 11 is 1.52. The first-order valence-electron chi connectivity index (χ1n) is 9.04. The van der Waals surface area contributed by atoms with E-state index in [4.69, 9.17) is 4.98 Å². The van der Waals surface area contributed by atoms with Crippen molar-refractivity contribution in [1.29, 1.82) is 0 Å². The molecule has 0 radical (unpaired) electrons. The minimum absolute atomic E-state index is 0.244. The second kappa shape index (κ2) is 7.21. The minimum atomic E-state index is -0.409. The molecular weight excluding hydrogens is 392 g/mol. The zero-order valence-electron chi connectivity index (χ0n) is 15.1. The van der Waals surface area contributed by atoms with Crippen molar-refractivity contribution in [2.75, 3.05) is 11.9 Å². The van der Waals surface area contributed by atoms with Crippen molar-refractivity contribution >= 4 is 38.4 Å². The Morgan fingerprint density at radius 1 is 1.00 bits per heavy atom. The molecule has 4 aromatic heterocycles. The van der Waals surface area contributed by atoms with Gasteiger partial charge in [-0.1, -0.05) is 12.1 Å². The largest absolute Gasteiger partial charge is 0.369 e. The predicted octanol–water partition coefficient (Wildman–Crippen LogP) is 5.17. The average molecular weight is 407 g/mol. The molecule has 144 valence electrons. The van der Waals surface area contributed by atoms with Crippen LogP contribution in [-0.4, -0.2) is 26.5 Å². The van der Waals surface area contributed by atoms with Crippen LogP contribution in [0.15, 0.2) is 54.2 Å². The molecule has 5 nitrogen and oxygen atoms in total. The van der Waals surface area contributed by atoms with Crippen LogP contribution in [0.2, 0.25) is 0 Å². The summed E-state index contributed by atoms with van der Waals surface area (Å²) in [6.45, 7) is 0.636. The molecule has 2 N–H and O–H groups in total. The van der Waals surface area contributed by atoms with Crippen molar-refractivity contribution in [1.82, 2.24) is 19.9 Å². The van der Waals surface area contributed by atoms with E-state index in [2.05, 4.69) is 20.3 Å². The number of pyridine rings is 1. The summed E-state index contributed by atoms with van der Waals surface area (Å²) in [6, 6.07) is 9.86. The summed E-state index contributed by atoms with van der Waals surface area (Å²) in [6.07, 6.45) is 3.65. The van der Waals surface area contributed by atoms with Crippen molar-refractivity contribution < 1.29 is 8.78 Å². The molecule has 4 heterocycles. The maximum atomic E-state index is 13.7. The number of hydrogen-bond acceptors (Lipinski definition) is 5. The smallest absolute Gasteiger partial charge is 0.165 e. The highest BCUT2D eigenvalue weighted by atomic mass is 32.1. The van der Waals surface area contributed by atoms with Gasteiger partial charge in [0.15, 0.2) is 5.82 Å². The van der Waals surface area contributed by atoms with Gasteiger partial charge in [0.2, 0.25) is 0 Å². The topological polar surface area (TPSA) is 66.5 Å². The summed E-state index contributed by atoms with van der Waals surface area (Å²) in [5.74, 6) is 0.565. The molecule has 0 bridgehead atoms. The van der Waals surface area contributed by atoms with Crippen LogP contribution < -0.4 is 5.32 Å². The molecule has 0 unspecified atom stereocenters. The summed E-state index contributed by atoms with van der Waals surface area (Å²) in [5, 5.41) is 6.89. The van der Waals surface area contributed by atoms with Gasteiger partial charge in [-0.3, -0.25) is 0 Å². The molecule has 5 aromatic rings. The van der Waals surface area contributed by atoms with E-state index >= 15 is 0 Å². The lowest BCUT2D eigenvalue weighted by Crippen LogP contribution is -2.07. The number of aromatic nitrogens is 4. The van der Waals surface area contributed by atoms with Gasteiger partial charge in [0.05, 0.1) is 11.6 Å². The van der Waals surface area contributed by atoms with Crippen LogP contribution in [-0.2, 0) is 6.42 Å². The number of nitrogens with one attached hydrogen (secondary N) is 2. The standard InChI is InChI=1S/C21H15F2N5S/c22-13-3-1-12(2-4-13)5-7-24-19-15-6-8-29-21(15)28-20(27-19)17-11-26-18-16(17)9-14(23)10-25-18/h1-4,6,8-11H,5,7H2,(H,25,26)(H,24,27,28). The van der Waals surface area contributed by atoms with Gasteiger partial charge in [-0.15, -0.1) is 11.3 Å². The lowest BCUT2D eigenvalue weighted by atomic mass is 10.1. The van der Waals surface area contributed by atoms with E-state index in [9.17, 15) is 8.78 Å². The van der Waals surface area contributed by atoms with Crippen LogP contribution >= 0.6 is 11.3 Å². The minimum Gasteiger partial charge on any atom is -0.369 e. The number of thiophene rings is 1. The molecule has 29 heavy (non-hydrogen) atoms.